The largest absolute Gasteiger partial charge is 0.481 e. The first-order valence-electron chi connectivity index (χ1n) is 10.4. The van der Waals surface area contributed by atoms with Gasteiger partial charge in [-0.05, 0) is 12.5 Å². The molecule has 2 aliphatic rings. The molecule has 0 spiro atoms. The van der Waals surface area contributed by atoms with E-state index in [9.17, 15) is 24.3 Å². The Balaban J connectivity index is 0.00000267. The summed E-state index contributed by atoms with van der Waals surface area (Å²) in [7, 11) is 1.26. The van der Waals surface area contributed by atoms with Crippen molar-refractivity contribution in [2.75, 3.05) is 24.3 Å². The van der Waals surface area contributed by atoms with Gasteiger partial charge in [-0.3, -0.25) is 19.3 Å². The second-order valence-electron chi connectivity index (χ2n) is 7.66. The molecule has 2 atom stereocenters. The van der Waals surface area contributed by atoms with Gasteiger partial charge in [-0.25, -0.2) is 14.8 Å². The minimum Gasteiger partial charge on any atom is -0.481 e. The molecule has 13 nitrogen and oxygen atoms in total. The number of carbonyl (C=O) groups is 4. The predicted octanol–water partition coefficient (Wildman–Crippen LogP) is 0.237. The van der Waals surface area contributed by atoms with Crippen LogP contribution in [0.25, 0.3) is 0 Å². The second-order valence-corrected chi connectivity index (χ2v) is 12.0. The van der Waals surface area contributed by atoms with Gasteiger partial charge in [-0.1, -0.05) is 16.9 Å². The molecule has 0 saturated carbocycles. The summed E-state index contributed by atoms with van der Waals surface area (Å²) in [5.74, 6) is -2.89. The van der Waals surface area contributed by atoms with Gasteiger partial charge in [-0.15, -0.1) is 34.4 Å². The second kappa shape index (κ2) is 14.7. The zero-order chi connectivity index (χ0) is 26.9. The minimum absolute atomic E-state index is 0. The molecule has 1 fully saturated rings. The molecular weight excluding hydrogens is 611 g/mol. The number of hydrogen-bond donors (Lipinski definition) is 4. The van der Waals surface area contributed by atoms with Crippen LogP contribution in [0.4, 0.5) is 5.13 Å². The van der Waals surface area contributed by atoms with Gasteiger partial charge in [0, 0.05) is 80.9 Å². The Morgan fingerprint density at radius 2 is 2.03 bits per heavy atom. The number of β-lactam (4-membered cyclic amide) rings is 1. The molecule has 2 radical (unpaired) electrons. The van der Waals surface area contributed by atoms with Crippen LogP contribution in [0, 0.1) is 6.92 Å². The van der Waals surface area contributed by atoms with E-state index in [0.717, 1.165) is 11.3 Å². The van der Waals surface area contributed by atoms with Gasteiger partial charge >= 0.3 is 11.9 Å². The molecule has 4 rings (SSSR count). The summed E-state index contributed by atoms with van der Waals surface area (Å²) in [5, 5.41) is 26.3. The number of oxime groups is 1. The smallest absolute Gasteiger partial charge is 0.352 e. The average Bonchev–Trinajstić information content (AvgIpc) is 3.42. The zero-order valence-corrected chi connectivity index (χ0v) is 28.6. The third kappa shape index (κ3) is 7.58. The normalized spacial score (nSPS) is 18.4. The molecule has 198 valence electrons. The van der Waals surface area contributed by atoms with Crippen LogP contribution in [0.5, 0.6) is 0 Å². The van der Waals surface area contributed by atoms with Gasteiger partial charge in [0.05, 0.1) is 12.1 Å². The van der Waals surface area contributed by atoms with E-state index in [4.69, 9.17) is 15.7 Å². The number of carbonyl (C=O) groups excluding carboxylic acids is 2. The number of amides is 2. The molecule has 4 heterocycles. The van der Waals surface area contributed by atoms with E-state index in [0.29, 0.717) is 26.2 Å². The first kappa shape index (κ1) is 34.1. The van der Waals surface area contributed by atoms with E-state index < -0.39 is 35.2 Å². The number of carboxylic acids is 2. The summed E-state index contributed by atoms with van der Waals surface area (Å²) in [6.45, 7) is 1.72. The van der Waals surface area contributed by atoms with Crippen LogP contribution < -0.4 is 11.1 Å². The first-order chi connectivity index (χ1) is 17.6. The summed E-state index contributed by atoms with van der Waals surface area (Å²) in [6.07, 6.45) is -0.132. The Kier molecular flexibility index (Phi) is 12.8. The minimum atomic E-state index is -1.25. The number of aliphatic carboxylic acids is 2. The summed E-state index contributed by atoms with van der Waals surface area (Å²) >= 11 is 4.98. The molecule has 0 bridgehead atoms. The van der Waals surface area contributed by atoms with Crippen LogP contribution in [0.1, 0.15) is 16.3 Å². The van der Waals surface area contributed by atoms with E-state index in [1.807, 2.05) is 0 Å². The number of anilines is 1. The number of nitrogen functional groups attached to an aromatic ring is 1. The molecule has 19 heteroatoms. The number of aromatic nitrogens is 2. The molecule has 39 heavy (non-hydrogen) atoms. The number of rotatable bonds is 10. The Morgan fingerprint density at radius 3 is 2.62 bits per heavy atom. The van der Waals surface area contributed by atoms with Gasteiger partial charge in [0.1, 0.15) is 29.9 Å². The van der Waals surface area contributed by atoms with E-state index >= 15 is 0 Å². The Hall–Kier alpha value is -1.15. The monoisotopic (exact) mass is 630 g/mol. The van der Waals surface area contributed by atoms with E-state index in [1.165, 1.54) is 52.3 Å². The van der Waals surface area contributed by atoms with Crippen molar-refractivity contribution in [2.24, 2.45) is 5.16 Å². The van der Waals surface area contributed by atoms with Crippen LogP contribution >= 0.6 is 46.2 Å². The number of nitrogens with zero attached hydrogens (tertiary/aromatic N) is 4. The van der Waals surface area contributed by atoms with Gasteiger partial charge in [0.15, 0.2) is 15.2 Å². The molecule has 0 aliphatic carbocycles. The summed E-state index contributed by atoms with van der Waals surface area (Å²) in [6, 6.07) is -0.959. The van der Waals surface area contributed by atoms with Crippen molar-refractivity contribution >= 4 is 140 Å². The molecule has 5 N–H and O–H groups in total. The standard InChI is InChI=1S/C20H20N6O7S4.2Na/c1-7-10(3-11(27)28)37-20(22-7)36-5-8-4-34-17-13(16(30)26(17)14(8)18(31)32)24-15(29)12(25-33-2)9-6-35-19(21)23-9;;/h6,13,17H,3-5H2,1-2H3,(H2,21,23)(H,24,29)(H,27,28)(H,31,32);;. The fourth-order valence-corrected chi connectivity index (χ4v) is 7.87. The molecular formula is C20H20N6Na2O7S4. The van der Waals surface area contributed by atoms with Crippen molar-refractivity contribution in [1.82, 2.24) is 20.2 Å². The zero-order valence-electron chi connectivity index (χ0n) is 21.3. The maximum atomic E-state index is 13.0. The third-order valence-corrected chi connectivity index (χ3v) is 9.65. The number of nitrogens with two attached hydrogens (primary N) is 1. The average molecular weight is 631 g/mol. The summed E-state index contributed by atoms with van der Waals surface area (Å²) in [5.41, 5.74) is 6.70. The Bertz CT molecular complexity index is 1350. The van der Waals surface area contributed by atoms with E-state index in [1.54, 1.807) is 6.92 Å². The molecule has 2 aromatic rings. The molecule has 2 aliphatic heterocycles. The van der Waals surface area contributed by atoms with Gasteiger partial charge in [0.25, 0.3) is 11.8 Å². The molecule has 2 amide bonds. The maximum Gasteiger partial charge on any atom is 0.352 e. The third-order valence-electron chi connectivity index (χ3n) is 5.25. The van der Waals surface area contributed by atoms with Crippen molar-refractivity contribution in [2.45, 2.75) is 29.1 Å². The molecule has 0 aromatic carbocycles. The summed E-state index contributed by atoms with van der Waals surface area (Å²) < 4.78 is 0.617. The van der Waals surface area contributed by atoms with Crippen LogP contribution in [0.15, 0.2) is 26.1 Å². The van der Waals surface area contributed by atoms with Gasteiger partial charge < -0.3 is 26.1 Å². The number of fused-ring (bicyclic) bond motifs is 1. The van der Waals surface area contributed by atoms with Crippen molar-refractivity contribution < 1.29 is 34.2 Å². The van der Waals surface area contributed by atoms with Gasteiger partial charge in [-0.2, -0.15) is 0 Å². The fourth-order valence-electron chi connectivity index (χ4n) is 3.61. The fraction of sp³-hybridized carbons (Fsp3) is 0.350. The molecule has 2 unspecified atom stereocenters. The number of thioether (sulfide) groups is 2. The predicted molar refractivity (Wildman–Crippen MR) is 150 cm³/mol. The van der Waals surface area contributed by atoms with Crippen LogP contribution in [-0.4, -0.2) is 144 Å². The Labute approximate surface area is 283 Å². The van der Waals surface area contributed by atoms with E-state index in [-0.39, 0.29) is 93.5 Å². The first-order valence-corrected chi connectivity index (χ1v) is 14.2. The van der Waals surface area contributed by atoms with Crippen LogP contribution in [-0.2, 0) is 30.4 Å². The van der Waals surface area contributed by atoms with Crippen molar-refractivity contribution in [1.29, 1.82) is 0 Å². The van der Waals surface area contributed by atoms with Crippen molar-refractivity contribution in [3.05, 3.63) is 32.9 Å². The number of nitrogens with one attached hydrogen (secondary N) is 1. The number of hydrogen-bond acceptors (Lipinski definition) is 13. The van der Waals surface area contributed by atoms with Crippen molar-refractivity contribution in [3.8, 4) is 0 Å². The molecule has 2 aromatic heterocycles. The number of carboxylic acid groups (broad SMARTS) is 2. The van der Waals surface area contributed by atoms with E-state index in [2.05, 4.69) is 20.4 Å². The number of aryl methyl sites for hydroxylation is 1. The van der Waals surface area contributed by atoms with Crippen molar-refractivity contribution in [3.63, 3.8) is 0 Å². The van der Waals surface area contributed by atoms with Crippen LogP contribution in [0.3, 0.4) is 0 Å². The maximum absolute atomic E-state index is 13.0. The topological polar surface area (TPSA) is 197 Å². The number of thiazole rings is 2. The Morgan fingerprint density at radius 1 is 1.31 bits per heavy atom. The SMILES string of the molecule is CON=C(C(=O)NC1C(=O)N2C(C(=O)O)=C(CSc3nc(C)c(CC(=O)O)s3)CSC12)c1csc(N)n1.[Na].[Na]. The summed E-state index contributed by atoms with van der Waals surface area (Å²) in [4.78, 5) is 63.9. The molecule has 1 saturated heterocycles. The van der Waals surface area contributed by atoms with Gasteiger partial charge in [0.2, 0.25) is 0 Å². The van der Waals surface area contributed by atoms with Crippen LogP contribution in [0.2, 0.25) is 0 Å². The quantitative estimate of drug-likeness (QED) is 0.0919.